The number of nitrogens with one attached hydrogen (secondary N) is 2. The molecule has 1 unspecified atom stereocenters. The lowest BCUT2D eigenvalue weighted by molar-refractivity contribution is -0.118. The summed E-state index contributed by atoms with van der Waals surface area (Å²) in [5.41, 5.74) is 3.69. The van der Waals surface area contributed by atoms with Crippen LogP contribution in [0.15, 0.2) is 58.8 Å². The number of anilines is 2. The van der Waals surface area contributed by atoms with Gasteiger partial charge in [-0.25, -0.2) is 4.79 Å². The highest BCUT2D eigenvalue weighted by molar-refractivity contribution is 8.00. The van der Waals surface area contributed by atoms with Crippen molar-refractivity contribution < 1.29 is 19.1 Å². The van der Waals surface area contributed by atoms with Gasteiger partial charge in [-0.3, -0.25) is 9.59 Å². The average Bonchev–Trinajstić information content (AvgIpc) is 3.22. The van der Waals surface area contributed by atoms with E-state index < -0.39 is 11.2 Å². The molecule has 1 atom stereocenters. The molecule has 0 aliphatic heterocycles. The van der Waals surface area contributed by atoms with Crippen LogP contribution in [0.5, 0.6) is 0 Å². The van der Waals surface area contributed by atoms with Crippen molar-refractivity contribution in [2.24, 2.45) is 5.41 Å². The minimum Gasteiger partial charge on any atom is -0.462 e. The fourth-order valence-electron chi connectivity index (χ4n) is 3.61. The van der Waals surface area contributed by atoms with Crippen molar-refractivity contribution in [3.63, 3.8) is 0 Å². The number of benzene rings is 2. The number of carbonyl (C=O) groups is 3. The second kappa shape index (κ2) is 12.4. The van der Waals surface area contributed by atoms with Crippen molar-refractivity contribution in [1.82, 2.24) is 0 Å². The van der Waals surface area contributed by atoms with Gasteiger partial charge in [0, 0.05) is 27.9 Å². The quantitative estimate of drug-likeness (QED) is 0.219. The molecule has 0 radical (unpaired) electrons. The fourth-order valence-corrected chi connectivity index (χ4v) is 5.49. The van der Waals surface area contributed by atoms with Crippen molar-refractivity contribution in [3.8, 4) is 11.1 Å². The molecule has 2 aromatic carbocycles. The Kier molecular flexibility index (Phi) is 9.56. The van der Waals surface area contributed by atoms with Crippen LogP contribution >= 0.6 is 23.1 Å². The number of ether oxygens (including phenoxy) is 1. The molecule has 8 heteroatoms. The molecule has 0 aliphatic carbocycles. The molecule has 0 fully saturated rings. The number of thiophene rings is 1. The monoisotopic (exact) mass is 538 g/mol. The SMILES string of the molecule is CCOC(=O)c1c(-c2ccc(C)cc2)csc1NC(=O)C(C)Sc1cccc(NC(=O)CC(C)(C)C)c1. The topological polar surface area (TPSA) is 84.5 Å². The van der Waals surface area contributed by atoms with Crippen LogP contribution in [0.3, 0.4) is 0 Å². The third-order valence-electron chi connectivity index (χ3n) is 5.36. The lowest BCUT2D eigenvalue weighted by atomic mass is 9.92. The van der Waals surface area contributed by atoms with Crippen LogP contribution in [0, 0.1) is 12.3 Å². The summed E-state index contributed by atoms with van der Waals surface area (Å²) < 4.78 is 5.30. The second-order valence-electron chi connectivity index (χ2n) is 10.0. The smallest absolute Gasteiger partial charge is 0.341 e. The Balaban J connectivity index is 1.74. The zero-order valence-electron chi connectivity index (χ0n) is 22.1. The van der Waals surface area contributed by atoms with E-state index in [4.69, 9.17) is 4.74 Å². The highest BCUT2D eigenvalue weighted by atomic mass is 32.2. The van der Waals surface area contributed by atoms with E-state index in [1.165, 1.54) is 23.1 Å². The zero-order valence-corrected chi connectivity index (χ0v) is 23.8. The first kappa shape index (κ1) is 28.5. The summed E-state index contributed by atoms with van der Waals surface area (Å²) in [5, 5.41) is 7.76. The maximum absolute atomic E-state index is 13.1. The molecule has 1 heterocycles. The number of thioether (sulfide) groups is 1. The van der Waals surface area contributed by atoms with Crippen molar-refractivity contribution in [2.75, 3.05) is 17.2 Å². The molecule has 1 aromatic heterocycles. The van der Waals surface area contributed by atoms with Crippen LogP contribution < -0.4 is 10.6 Å². The zero-order chi connectivity index (χ0) is 27.2. The maximum Gasteiger partial charge on any atom is 0.341 e. The molecule has 196 valence electrons. The molecular weight excluding hydrogens is 504 g/mol. The fraction of sp³-hybridized carbons (Fsp3) is 0.345. The summed E-state index contributed by atoms with van der Waals surface area (Å²) in [6, 6.07) is 15.3. The first-order chi connectivity index (χ1) is 17.5. The van der Waals surface area contributed by atoms with Gasteiger partial charge in [0.05, 0.1) is 11.9 Å². The first-order valence-corrected chi connectivity index (χ1v) is 14.0. The third-order valence-corrected chi connectivity index (χ3v) is 7.35. The van der Waals surface area contributed by atoms with Gasteiger partial charge in [-0.15, -0.1) is 23.1 Å². The highest BCUT2D eigenvalue weighted by Crippen LogP contribution is 2.37. The Morgan fingerprint density at radius 3 is 2.41 bits per heavy atom. The number of rotatable bonds is 9. The minimum absolute atomic E-state index is 0.0472. The number of aryl methyl sites for hydroxylation is 1. The summed E-state index contributed by atoms with van der Waals surface area (Å²) in [5.74, 6) is -0.738. The number of amides is 2. The van der Waals surface area contributed by atoms with E-state index in [9.17, 15) is 14.4 Å². The standard InChI is InChI=1S/C29H34N2O4S2/c1-7-35-28(34)25-23(20-13-11-18(2)12-14-20)17-36-27(25)31-26(33)19(3)37-22-10-8-9-21(15-22)30-24(32)16-29(4,5)6/h8-15,17,19H,7,16H2,1-6H3,(H,30,32)(H,31,33). The van der Waals surface area contributed by atoms with Gasteiger partial charge in [-0.05, 0) is 49.9 Å². The molecule has 0 saturated carbocycles. The number of carbonyl (C=O) groups excluding carboxylic acids is 3. The molecule has 0 aliphatic rings. The van der Waals surface area contributed by atoms with Crippen molar-refractivity contribution >= 4 is 51.6 Å². The molecule has 0 saturated heterocycles. The van der Waals surface area contributed by atoms with E-state index in [-0.39, 0.29) is 23.8 Å². The van der Waals surface area contributed by atoms with Crippen molar-refractivity contribution in [3.05, 3.63) is 65.0 Å². The van der Waals surface area contributed by atoms with E-state index in [0.717, 1.165) is 21.6 Å². The molecular formula is C29H34N2O4S2. The predicted molar refractivity (Wildman–Crippen MR) is 154 cm³/mol. The van der Waals surface area contributed by atoms with Crippen LogP contribution in [-0.4, -0.2) is 29.6 Å². The van der Waals surface area contributed by atoms with Crippen molar-refractivity contribution in [2.45, 2.75) is 58.1 Å². The van der Waals surface area contributed by atoms with Gasteiger partial charge in [-0.1, -0.05) is 56.7 Å². The van der Waals surface area contributed by atoms with E-state index in [1.807, 2.05) is 88.5 Å². The lowest BCUT2D eigenvalue weighted by Crippen LogP contribution is -2.23. The Hall–Kier alpha value is -3.10. The van der Waals surface area contributed by atoms with E-state index >= 15 is 0 Å². The predicted octanol–water partition coefficient (Wildman–Crippen LogP) is 7.39. The third kappa shape index (κ3) is 8.20. The molecule has 2 N–H and O–H groups in total. The lowest BCUT2D eigenvalue weighted by Gasteiger charge is -2.17. The van der Waals surface area contributed by atoms with E-state index in [0.29, 0.717) is 22.7 Å². The van der Waals surface area contributed by atoms with Gasteiger partial charge in [0.15, 0.2) is 0 Å². The Labute approximate surface area is 227 Å². The van der Waals surface area contributed by atoms with Crippen LogP contribution in [0.1, 0.15) is 57.0 Å². The summed E-state index contributed by atoms with van der Waals surface area (Å²) in [7, 11) is 0. The number of hydrogen-bond acceptors (Lipinski definition) is 6. The average molecular weight is 539 g/mol. The van der Waals surface area contributed by atoms with E-state index in [2.05, 4.69) is 10.6 Å². The van der Waals surface area contributed by atoms with Gasteiger partial charge >= 0.3 is 5.97 Å². The van der Waals surface area contributed by atoms with Crippen LogP contribution in [-0.2, 0) is 14.3 Å². The summed E-state index contributed by atoms with van der Waals surface area (Å²) in [4.78, 5) is 39.1. The minimum atomic E-state index is -0.464. The van der Waals surface area contributed by atoms with E-state index in [1.54, 1.807) is 6.92 Å². The maximum atomic E-state index is 13.1. The normalized spacial score (nSPS) is 12.1. The van der Waals surface area contributed by atoms with Gasteiger partial charge in [0.1, 0.15) is 10.6 Å². The Morgan fingerprint density at radius 1 is 1.05 bits per heavy atom. The van der Waals surface area contributed by atoms with Gasteiger partial charge in [-0.2, -0.15) is 0 Å². The molecule has 0 bridgehead atoms. The second-order valence-corrected chi connectivity index (χ2v) is 12.3. The molecule has 0 spiro atoms. The summed E-state index contributed by atoms with van der Waals surface area (Å²) in [6.45, 7) is 11.9. The molecule has 6 nitrogen and oxygen atoms in total. The van der Waals surface area contributed by atoms with Gasteiger partial charge in [0.25, 0.3) is 0 Å². The largest absolute Gasteiger partial charge is 0.462 e. The van der Waals surface area contributed by atoms with Crippen LogP contribution in [0.4, 0.5) is 10.7 Å². The number of hydrogen-bond donors (Lipinski definition) is 2. The summed E-state index contributed by atoms with van der Waals surface area (Å²) in [6.07, 6.45) is 0.414. The Bertz CT molecular complexity index is 1260. The van der Waals surface area contributed by atoms with Gasteiger partial charge in [0.2, 0.25) is 11.8 Å². The molecule has 3 aromatic rings. The highest BCUT2D eigenvalue weighted by Gasteiger charge is 2.25. The molecule has 2 amide bonds. The Morgan fingerprint density at radius 2 is 1.76 bits per heavy atom. The van der Waals surface area contributed by atoms with Crippen molar-refractivity contribution in [1.29, 1.82) is 0 Å². The van der Waals surface area contributed by atoms with Crippen LogP contribution in [0.25, 0.3) is 11.1 Å². The van der Waals surface area contributed by atoms with Gasteiger partial charge < -0.3 is 15.4 Å². The first-order valence-electron chi connectivity index (χ1n) is 12.2. The van der Waals surface area contributed by atoms with Crippen LogP contribution in [0.2, 0.25) is 0 Å². The molecule has 3 rings (SSSR count). The molecule has 37 heavy (non-hydrogen) atoms. The summed E-state index contributed by atoms with van der Waals surface area (Å²) >= 11 is 2.69. The number of esters is 1.